The van der Waals surface area contributed by atoms with E-state index < -0.39 is 23.7 Å². The molecule has 2 fully saturated rings. The first-order valence-corrected chi connectivity index (χ1v) is 9.65. The lowest BCUT2D eigenvalue weighted by atomic mass is 9.74. The Labute approximate surface area is 160 Å². The molecular weight excluding hydrogens is 346 g/mol. The van der Waals surface area contributed by atoms with Crippen molar-refractivity contribution in [1.82, 2.24) is 5.32 Å². The van der Waals surface area contributed by atoms with Crippen molar-refractivity contribution in [2.75, 3.05) is 13.7 Å². The monoisotopic (exact) mass is 375 g/mol. The van der Waals surface area contributed by atoms with Crippen molar-refractivity contribution in [3.8, 4) is 0 Å². The number of nitrogens with one attached hydrogen (secondary N) is 1. The molecule has 1 aliphatic heterocycles. The number of benzene rings is 1. The van der Waals surface area contributed by atoms with Crippen LogP contribution in [0.4, 0.5) is 4.79 Å². The smallest absolute Gasteiger partial charge is 0.435 e. The highest BCUT2D eigenvalue weighted by molar-refractivity contribution is 5.89. The van der Waals surface area contributed by atoms with E-state index in [0.29, 0.717) is 12.8 Å². The van der Waals surface area contributed by atoms with E-state index in [4.69, 9.17) is 14.2 Å². The van der Waals surface area contributed by atoms with Gasteiger partial charge in [0.2, 0.25) is 5.91 Å². The Morgan fingerprint density at radius 1 is 1.26 bits per heavy atom. The maximum atomic E-state index is 13.0. The summed E-state index contributed by atoms with van der Waals surface area (Å²) in [6.07, 6.45) is 1.92. The van der Waals surface area contributed by atoms with E-state index in [9.17, 15) is 9.59 Å². The number of methoxy groups -OCH3 is 1. The van der Waals surface area contributed by atoms with Crippen LogP contribution in [-0.2, 0) is 19.0 Å². The molecule has 2 aliphatic rings. The van der Waals surface area contributed by atoms with Gasteiger partial charge in [-0.25, -0.2) is 4.79 Å². The summed E-state index contributed by atoms with van der Waals surface area (Å²) in [4.78, 5) is 25.2. The van der Waals surface area contributed by atoms with Gasteiger partial charge in [-0.3, -0.25) is 4.79 Å². The fourth-order valence-electron chi connectivity index (χ4n) is 4.44. The number of aryl methyl sites for hydroxylation is 2. The molecule has 2 atom stereocenters. The SMILES string of the molecule is CCOC(=O)OC1C(c2cc(C)ccc2C)C(=O)N[C@]12CC[C@@H](OC)CC2. The quantitative estimate of drug-likeness (QED) is 0.817. The molecule has 148 valence electrons. The number of ether oxygens (including phenoxy) is 3. The summed E-state index contributed by atoms with van der Waals surface area (Å²) >= 11 is 0. The molecule has 1 aromatic carbocycles. The fourth-order valence-corrected chi connectivity index (χ4v) is 4.44. The third-order valence-electron chi connectivity index (χ3n) is 5.92. The van der Waals surface area contributed by atoms with Gasteiger partial charge in [-0.05, 0) is 57.6 Å². The summed E-state index contributed by atoms with van der Waals surface area (Å²) in [6, 6.07) is 6.04. The van der Waals surface area contributed by atoms with Gasteiger partial charge in [0.05, 0.1) is 18.2 Å². The van der Waals surface area contributed by atoms with Gasteiger partial charge in [-0.15, -0.1) is 0 Å². The van der Waals surface area contributed by atoms with E-state index in [1.165, 1.54) is 0 Å². The lowest BCUT2D eigenvalue weighted by Crippen LogP contribution is -2.53. The number of carbonyl (C=O) groups is 2. The maximum absolute atomic E-state index is 13.0. The number of hydrogen-bond acceptors (Lipinski definition) is 5. The third kappa shape index (κ3) is 3.81. The van der Waals surface area contributed by atoms with Crippen LogP contribution in [0.15, 0.2) is 18.2 Å². The molecule has 6 nitrogen and oxygen atoms in total. The second-order valence-corrected chi connectivity index (χ2v) is 7.64. The topological polar surface area (TPSA) is 73.9 Å². The maximum Gasteiger partial charge on any atom is 0.508 e. The van der Waals surface area contributed by atoms with Crippen molar-refractivity contribution < 1.29 is 23.8 Å². The minimum Gasteiger partial charge on any atom is -0.435 e. The second kappa shape index (κ2) is 7.89. The van der Waals surface area contributed by atoms with Crippen LogP contribution < -0.4 is 5.32 Å². The molecule has 1 spiro atoms. The summed E-state index contributed by atoms with van der Waals surface area (Å²) in [5.74, 6) is -0.623. The lowest BCUT2D eigenvalue weighted by Gasteiger charge is -2.40. The van der Waals surface area contributed by atoms with Crippen LogP contribution >= 0.6 is 0 Å². The molecule has 0 bridgehead atoms. The van der Waals surface area contributed by atoms with Gasteiger partial charge >= 0.3 is 6.16 Å². The Morgan fingerprint density at radius 3 is 2.59 bits per heavy atom. The molecule has 1 N–H and O–H groups in total. The Hall–Kier alpha value is -2.08. The van der Waals surface area contributed by atoms with Gasteiger partial charge in [0.1, 0.15) is 12.0 Å². The van der Waals surface area contributed by atoms with Gasteiger partial charge in [0.15, 0.2) is 0 Å². The first-order chi connectivity index (χ1) is 12.9. The zero-order valence-corrected chi connectivity index (χ0v) is 16.5. The number of carbonyl (C=O) groups excluding carboxylic acids is 2. The Kier molecular flexibility index (Phi) is 5.75. The first-order valence-electron chi connectivity index (χ1n) is 9.65. The molecule has 1 heterocycles. The molecule has 1 amide bonds. The van der Waals surface area contributed by atoms with Crippen molar-refractivity contribution in [1.29, 1.82) is 0 Å². The van der Waals surface area contributed by atoms with Gasteiger partial charge < -0.3 is 19.5 Å². The van der Waals surface area contributed by atoms with Gasteiger partial charge in [-0.2, -0.15) is 0 Å². The first kappa shape index (κ1) is 19.7. The highest BCUT2D eigenvalue weighted by Gasteiger charge is 2.57. The molecule has 0 radical (unpaired) electrons. The highest BCUT2D eigenvalue weighted by atomic mass is 16.7. The van der Waals surface area contributed by atoms with Crippen LogP contribution in [0.1, 0.15) is 55.2 Å². The molecule has 2 unspecified atom stereocenters. The largest absolute Gasteiger partial charge is 0.508 e. The van der Waals surface area contributed by atoms with Crippen LogP contribution in [0.5, 0.6) is 0 Å². The summed E-state index contributed by atoms with van der Waals surface area (Å²) in [7, 11) is 1.71. The summed E-state index contributed by atoms with van der Waals surface area (Å²) in [6.45, 7) is 5.95. The van der Waals surface area contributed by atoms with Gasteiger partial charge in [-0.1, -0.05) is 23.8 Å². The molecule has 1 saturated heterocycles. The Morgan fingerprint density at radius 2 is 1.96 bits per heavy atom. The number of hydrogen-bond donors (Lipinski definition) is 1. The van der Waals surface area contributed by atoms with Crippen molar-refractivity contribution in [3.05, 3.63) is 34.9 Å². The average molecular weight is 375 g/mol. The van der Waals surface area contributed by atoms with E-state index >= 15 is 0 Å². The zero-order chi connectivity index (χ0) is 19.6. The van der Waals surface area contributed by atoms with Crippen molar-refractivity contribution in [2.45, 2.75) is 70.1 Å². The average Bonchev–Trinajstić information content (AvgIpc) is 2.89. The van der Waals surface area contributed by atoms with E-state index in [1.807, 2.05) is 32.0 Å². The zero-order valence-electron chi connectivity index (χ0n) is 16.5. The van der Waals surface area contributed by atoms with Crippen LogP contribution in [-0.4, -0.2) is 43.5 Å². The Balaban J connectivity index is 1.97. The van der Waals surface area contributed by atoms with Gasteiger partial charge in [0.25, 0.3) is 0 Å². The molecule has 6 heteroatoms. The summed E-state index contributed by atoms with van der Waals surface area (Å²) in [5, 5.41) is 3.18. The fraction of sp³-hybridized carbons (Fsp3) is 0.619. The summed E-state index contributed by atoms with van der Waals surface area (Å²) in [5.41, 5.74) is 2.43. The third-order valence-corrected chi connectivity index (χ3v) is 5.92. The molecule has 1 aromatic rings. The van der Waals surface area contributed by atoms with E-state index in [-0.39, 0.29) is 18.6 Å². The van der Waals surface area contributed by atoms with E-state index in [0.717, 1.165) is 29.5 Å². The minimum absolute atomic E-state index is 0.0890. The predicted octanol–water partition coefficient (Wildman–Crippen LogP) is 3.39. The minimum atomic E-state index is -0.720. The predicted molar refractivity (Wildman–Crippen MR) is 101 cm³/mol. The van der Waals surface area contributed by atoms with Crippen LogP contribution in [0.25, 0.3) is 0 Å². The molecular formula is C21H29NO5. The van der Waals surface area contributed by atoms with E-state index in [2.05, 4.69) is 5.32 Å². The number of amides is 1. The van der Waals surface area contributed by atoms with Crippen molar-refractivity contribution in [2.24, 2.45) is 0 Å². The van der Waals surface area contributed by atoms with Crippen LogP contribution in [0.3, 0.4) is 0 Å². The lowest BCUT2D eigenvalue weighted by molar-refractivity contribution is -0.121. The standard InChI is InChI=1S/C21H29NO5/c1-5-26-20(24)27-18-17(16-12-13(2)6-7-14(16)3)19(23)22-21(18)10-8-15(25-4)9-11-21/h6-7,12,15,17-18H,5,8-11H2,1-4H3,(H,22,23)/t15-,17?,18?,21+. The Bertz CT molecular complexity index is 709. The normalized spacial score (nSPS) is 30.2. The highest BCUT2D eigenvalue weighted by Crippen LogP contribution is 2.45. The van der Waals surface area contributed by atoms with Crippen molar-refractivity contribution >= 4 is 12.1 Å². The molecule has 27 heavy (non-hydrogen) atoms. The van der Waals surface area contributed by atoms with Crippen molar-refractivity contribution in [3.63, 3.8) is 0 Å². The second-order valence-electron chi connectivity index (χ2n) is 7.64. The van der Waals surface area contributed by atoms with Gasteiger partial charge in [0, 0.05) is 7.11 Å². The molecule has 1 saturated carbocycles. The van der Waals surface area contributed by atoms with Crippen LogP contribution in [0.2, 0.25) is 0 Å². The molecule has 1 aliphatic carbocycles. The van der Waals surface area contributed by atoms with Crippen LogP contribution in [0, 0.1) is 13.8 Å². The summed E-state index contributed by atoms with van der Waals surface area (Å²) < 4.78 is 16.3. The molecule has 0 aromatic heterocycles. The van der Waals surface area contributed by atoms with E-state index in [1.54, 1.807) is 14.0 Å². The number of rotatable bonds is 4. The molecule has 3 rings (SSSR count).